The SMILES string of the molecule is Cc1cc2ncc(CNC3CCC(C)C3C)cn2n1. The van der Waals surface area contributed by atoms with E-state index in [1.807, 2.05) is 23.7 Å². The Labute approximate surface area is 114 Å². The highest BCUT2D eigenvalue weighted by atomic mass is 15.2. The van der Waals surface area contributed by atoms with Crippen molar-refractivity contribution in [3.63, 3.8) is 0 Å². The first-order chi connectivity index (χ1) is 9.13. The summed E-state index contributed by atoms with van der Waals surface area (Å²) in [6, 6.07) is 2.64. The topological polar surface area (TPSA) is 42.2 Å². The van der Waals surface area contributed by atoms with E-state index < -0.39 is 0 Å². The third-order valence-corrected chi connectivity index (χ3v) is 4.52. The summed E-state index contributed by atoms with van der Waals surface area (Å²) in [5.74, 6) is 1.61. The van der Waals surface area contributed by atoms with Gasteiger partial charge in [0, 0.05) is 36.6 Å². The highest BCUT2D eigenvalue weighted by Crippen LogP contribution is 2.31. The first kappa shape index (κ1) is 12.6. The number of nitrogens with one attached hydrogen (secondary N) is 1. The Kier molecular flexibility index (Phi) is 3.27. The molecule has 1 fully saturated rings. The number of rotatable bonds is 3. The average molecular weight is 258 g/mol. The molecule has 0 radical (unpaired) electrons. The van der Waals surface area contributed by atoms with E-state index in [1.165, 1.54) is 18.4 Å². The van der Waals surface area contributed by atoms with Crippen molar-refractivity contribution in [1.82, 2.24) is 19.9 Å². The van der Waals surface area contributed by atoms with Gasteiger partial charge >= 0.3 is 0 Å². The van der Waals surface area contributed by atoms with Crippen molar-refractivity contribution >= 4 is 5.65 Å². The predicted octanol–water partition coefficient (Wildman–Crippen LogP) is 2.56. The summed E-state index contributed by atoms with van der Waals surface area (Å²) in [5, 5.41) is 8.08. The van der Waals surface area contributed by atoms with Crippen LogP contribution in [0.1, 0.15) is 37.9 Å². The van der Waals surface area contributed by atoms with Gasteiger partial charge in [-0.05, 0) is 31.6 Å². The summed E-state index contributed by atoms with van der Waals surface area (Å²) in [5.41, 5.74) is 3.13. The Balaban J connectivity index is 1.68. The molecular formula is C15H22N4. The van der Waals surface area contributed by atoms with E-state index in [-0.39, 0.29) is 0 Å². The molecule has 3 rings (SSSR count). The van der Waals surface area contributed by atoms with Gasteiger partial charge in [-0.25, -0.2) is 9.50 Å². The molecule has 1 aliphatic rings. The van der Waals surface area contributed by atoms with Gasteiger partial charge in [-0.2, -0.15) is 5.10 Å². The zero-order valence-electron chi connectivity index (χ0n) is 11.9. The van der Waals surface area contributed by atoms with E-state index >= 15 is 0 Å². The Morgan fingerprint density at radius 2 is 2.21 bits per heavy atom. The van der Waals surface area contributed by atoms with Crippen LogP contribution in [0.5, 0.6) is 0 Å². The molecule has 1 aliphatic carbocycles. The first-order valence-electron chi connectivity index (χ1n) is 7.18. The second kappa shape index (κ2) is 4.93. The molecule has 2 aromatic rings. The minimum Gasteiger partial charge on any atom is -0.310 e. The Bertz CT molecular complexity index is 575. The lowest BCUT2D eigenvalue weighted by Crippen LogP contribution is -2.32. The quantitative estimate of drug-likeness (QED) is 0.920. The Morgan fingerprint density at radius 3 is 2.95 bits per heavy atom. The highest BCUT2D eigenvalue weighted by Gasteiger charge is 2.28. The molecule has 0 aliphatic heterocycles. The van der Waals surface area contributed by atoms with Crippen molar-refractivity contribution < 1.29 is 0 Å². The molecule has 2 aromatic heterocycles. The van der Waals surface area contributed by atoms with E-state index in [0.29, 0.717) is 6.04 Å². The second-order valence-electron chi connectivity index (χ2n) is 5.95. The van der Waals surface area contributed by atoms with Crippen LogP contribution >= 0.6 is 0 Å². The van der Waals surface area contributed by atoms with Gasteiger partial charge in [0.2, 0.25) is 0 Å². The van der Waals surface area contributed by atoms with E-state index in [1.54, 1.807) is 0 Å². The molecule has 0 aromatic carbocycles. The fourth-order valence-electron chi connectivity index (χ4n) is 3.03. The molecule has 1 N–H and O–H groups in total. The number of aromatic nitrogens is 3. The minimum absolute atomic E-state index is 0.644. The number of hydrogen-bond donors (Lipinski definition) is 1. The molecule has 19 heavy (non-hydrogen) atoms. The maximum atomic E-state index is 4.44. The fourth-order valence-corrected chi connectivity index (χ4v) is 3.03. The summed E-state index contributed by atoms with van der Waals surface area (Å²) in [7, 11) is 0. The second-order valence-corrected chi connectivity index (χ2v) is 5.95. The van der Waals surface area contributed by atoms with E-state index in [4.69, 9.17) is 0 Å². The van der Waals surface area contributed by atoms with Crippen LogP contribution < -0.4 is 5.32 Å². The minimum atomic E-state index is 0.644. The van der Waals surface area contributed by atoms with Crippen molar-refractivity contribution in [3.05, 3.63) is 29.7 Å². The van der Waals surface area contributed by atoms with Gasteiger partial charge in [-0.1, -0.05) is 13.8 Å². The zero-order chi connectivity index (χ0) is 13.4. The number of hydrogen-bond acceptors (Lipinski definition) is 3. The maximum absolute atomic E-state index is 4.44. The molecule has 4 heteroatoms. The summed E-state index contributed by atoms with van der Waals surface area (Å²) < 4.78 is 1.87. The smallest absolute Gasteiger partial charge is 0.155 e. The van der Waals surface area contributed by atoms with Crippen LogP contribution in [-0.4, -0.2) is 20.6 Å². The summed E-state index contributed by atoms with van der Waals surface area (Å²) >= 11 is 0. The van der Waals surface area contributed by atoms with Gasteiger partial charge in [0.05, 0.1) is 5.69 Å². The fraction of sp³-hybridized carbons (Fsp3) is 0.600. The Morgan fingerprint density at radius 1 is 1.37 bits per heavy atom. The van der Waals surface area contributed by atoms with Gasteiger partial charge in [0.15, 0.2) is 5.65 Å². The lowest BCUT2D eigenvalue weighted by molar-refractivity contribution is 0.369. The standard InChI is InChI=1S/C15H22N4/c1-10-4-5-14(12(10)3)16-7-13-8-17-15-6-11(2)18-19(15)9-13/h6,8-10,12,14,16H,4-5,7H2,1-3H3. The van der Waals surface area contributed by atoms with Gasteiger partial charge < -0.3 is 5.32 Å². The van der Waals surface area contributed by atoms with Crippen molar-refractivity contribution in [2.45, 2.75) is 46.2 Å². The van der Waals surface area contributed by atoms with Crippen molar-refractivity contribution in [3.8, 4) is 0 Å². The lowest BCUT2D eigenvalue weighted by atomic mass is 9.98. The van der Waals surface area contributed by atoms with Crippen LogP contribution in [-0.2, 0) is 6.54 Å². The monoisotopic (exact) mass is 258 g/mol. The molecule has 4 nitrogen and oxygen atoms in total. The van der Waals surface area contributed by atoms with E-state index in [0.717, 1.165) is 29.7 Å². The molecule has 2 heterocycles. The molecule has 3 atom stereocenters. The van der Waals surface area contributed by atoms with Crippen molar-refractivity contribution in [2.24, 2.45) is 11.8 Å². The number of aryl methyl sites for hydroxylation is 1. The van der Waals surface area contributed by atoms with E-state index in [2.05, 4.69) is 35.4 Å². The zero-order valence-corrected chi connectivity index (χ0v) is 11.9. The molecule has 0 amide bonds. The van der Waals surface area contributed by atoms with Crippen LogP contribution in [0.15, 0.2) is 18.5 Å². The molecule has 3 unspecified atom stereocenters. The molecule has 1 saturated carbocycles. The van der Waals surface area contributed by atoms with Crippen LogP contribution in [0, 0.1) is 18.8 Å². The summed E-state index contributed by atoms with van der Waals surface area (Å²) in [6.07, 6.45) is 6.66. The normalized spacial score (nSPS) is 27.2. The third kappa shape index (κ3) is 2.50. The molecule has 102 valence electrons. The Hall–Kier alpha value is -1.42. The predicted molar refractivity (Wildman–Crippen MR) is 75.9 cm³/mol. The van der Waals surface area contributed by atoms with Crippen LogP contribution in [0.2, 0.25) is 0 Å². The van der Waals surface area contributed by atoms with Crippen LogP contribution in [0.3, 0.4) is 0 Å². The summed E-state index contributed by atoms with van der Waals surface area (Å²) in [4.78, 5) is 4.44. The lowest BCUT2D eigenvalue weighted by Gasteiger charge is -2.19. The molecule has 0 saturated heterocycles. The third-order valence-electron chi connectivity index (χ3n) is 4.52. The van der Waals surface area contributed by atoms with Crippen LogP contribution in [0.25, 0.3) is 5.65 Å². The van der Waals surface area contributed by atoms with Gasteiger partial charge in [-0.3, -0.25) is 0 Å². The molecular weight excluding hydrogens is 236 g/mol. The van der Waals surface area contributed by atoms with Gasteiger partial charge in [0.25, 0.3) is 0 Å². The summed E-state index contributed by atoms with van der Waals surface area (Å²) in [6.45, 7) is 7.58. The average Bonchev–Trinajstić information content (AvgIpc) is 2.90. The van der Waals surface area contributed by atoms with Gasteiger partial charge in [-0.15, -0.1) is 0 Å². The van der Waals surface area contributed by atoms with Crippen molar-refractivity contribution in [1.29, 1.82) is 0 Å². The van der Waals surface area contributed by atoms with Gasteiger partial charge in [0.1, 0.15) is 0 Å². The maximum Gasteiger partial charge on any atom is 0.155 e. The number of fused-ring (bicyclic) bond motifs is 1. The molecule has 0 bridgehead atoms. The van der Waals surface area contributed by atoms with Crippen LogP contribution in [0.4, 0.5) is 0 Å². The molecule has 0 spiro atoms. The van der Waals surface area contributed by atoms with Crippen molar-refractivity contribution in [2.75, 3.05) is 0 Å². The van der Waals surface area contributed by atoms with E-state index in [9.17, 15) is 0 Å². The number of nitrogens with zero attached hydrogens (tertiary/aromatic N) is 3. The highest BCUT2D eigenvalue weighted by molar-refractivity contribution is 5.38. The largest absolute Gasteiger partial charge is 0.310 e. The first-order valence-corrected chi connectivity index (χ1v) is 7.18.